The Morgan fingerprint density at radius 3 is 2.69 bits per heavy atom. The second-order valence-electron chi connectivity index (χ2n) is 2.51. The van der Waals surface area contributed by atoms with Crippen LogP contribution in [0, 0.1) is 11.6 Å². The maximum atomic E-state index is 13.1. The molecule has 0 saturated carbocycles. The van der Waals surface area contributed by atoms with Gasteiger partial charge in [-0.1, -0.05) is 11.6 Å². The quantitative estimate of drug-likeness (QED) is 0.728. The second kappa shape index (κ2) is 3.89. The van der Waals surface area contributed by atoms with Crippen LogP contribution in [0.15, 0.2) is 6.07 Å². The number of halogens is 3. The third-order valence-electron chi connectivity index (χ3n) is 1.59. The van der Waals surface area contributed by atoms with Crippen LogP contribution in [0.2, 0.25) is 5.02 Å². The minimum atomic E-state index is -0.962. The van der Waals surface area contributed by atoms with Crippen LogP contribution in [0.25, 0.3) is 0 Å². The monoisotopic (exact) mass is 207 g/mol. The molecule has 0 spiro atoms. The van der Waals surface area contributed by atoms with Crippen molar-refractivity contribution in [1.29, 1.82) is 0 Å². The first-order valence-corrected chi connectivity index (χ1v) is 3.95. The van der Waals surface area contributed by atoms with Gasteiger partial charge < -0.3 is 10.4 Å². The summed E-state index contributed by atoms with van der Waals surface area (Å²) in [7, 11) is 1.58. The Labute approximate surface area is 79.1 Å². The van der Waals surface area contributed by atoms with E-state index in [9.17, 15) is 8.78 Å². The summed E-state index contributed by atoms with van der Waals surface area (Å²) >= 11 is 5.30. The zero-order chi connectivity index (χ0) is 10.0. The smallest absolute Gasteiger partial charge is 0.152 e. The molecule has 0 heterocycles. The number of phenols is 1. The Morgan fingerprint density at radius 1 is 1.54 bits per heavy atom. The van der Waals surface area contributed by atoms with Gasteiger partial charge in [0, 0.05) is 18.2 Å². The molecule has 0 aliphatic heterocycles. The molecule has 0 aliphatic rings. The Morgan fingerprint density at radius 2 is 2.15 bits per heavy atom. The predicted molar refractivity (Wildman–Crippen MR) is 45.8 cm³/mol. The Kier molecular flexibility index (Phi) is 3.06. The molecule has 0 aliphatic carbocycles. The number of benzene rings is 1. The molecule has 0 atom stereocenters. The van der Waals surface area contributed by atoms with Crippen molar-refractivity contribution in [2.24, 2.45) is 0 Å². The Bertz CT molecular complexity index is 330. The summed E-state index contributed by atoms with van der Waals surface area (Å²) in [5.41, 5.74) is -0.0334. The summed E-state index contributed by atoms with van der Waals surface area (Å²) < 4.78 is 25.8. The van der Waals surface area contributed by atoms with Crippen LogP contribution in [-0.2, 0) is 6.54 Å². The number of nitrogens with one attached hydrogen (secondary N) is 1. The first-order chi connectivity index (χ1) is 6.07. The fourth-order valence-corrected chi connectivity index (χ4v) is 1.13. The van der Waals surface area contributed by atoms with Crippen LogP contribution < -0.4 is 5.32 Å². The first-order valence-electron chi connectivity index (χ1n) is 3.58. The topological polar surface area (TPSA) is 32.3 Å². The second-order valence-corrected chi connectivity index (χ2v) is 2.89. The number of phenolic OH excluding ortho intramolecular Hbond substituents is 1. The molecule has 0 aromatic heterocycles. The van der Waals surface area contributed by atoms with Crippen molar-refractivity contribution in [1.82, 2.24) is 5.32 Å². The highest BCUT2D eigenvalue weighted by Crippen LogP contribution is 2.29. The van der Waals surface area contributed by atoms with Crippen LogP contribution in [0.1, 0.15) is 5.56 Å². The van der Waals surface area contributed by atoms with Gasteiger partial charge in [0.15, 0.2) is 5.82 Å². The number of hydrogen-bond donors (Lipinski definition) is 2. The van der Waals surface area contributed by atoms with E-state index in [1.54, 1.807) is 7.05 Å². The molecule has 72 valence electrons. The van der Waals surface area contributed by atoms with E-state index in [0.29, 0.717) is 0 Å². The van der Waals surface area contributed by atoms with Gasteiger partial charge >= 0.3 is 0 Å². The van der Waals surface area contributed by atoms with Gasteiger partial charge in [0.1, 0.15) is 16.6 Å². The van der Waals surface area contributed by atoms with Gasteiger partial charge in [0.2, 0.25) is 0 Å². The van der Waals surface area contributed by atoms with E-state index >= 15 is 0 Å². The highest BCUT2D eigenvalue weighted by molar-refractivity contribution is 6.31. The van der Waals surface area contributed by atoms with E-state index in [2.05, 4.69) is 5.32 Å². The number of rotatable bonds is 2. The lowest BCUT2D eigenvalue weighted by Crippen LogP contribution is -2.08. The van der Waals surface area contributed by atoms with Crippen LogP contribution in [-0.4, -0.2) is 12.2 Å². The normalized spacial score (nSPS) is 10.5. The molecule has 2 nitrogen and oxygen atoms in total. The summed E-state index contributed by atoms with van der Waals surface area (Å²) in [6.45, 7) is 0.0949. The third kappa shape index (κ3) is 1.89. The standard InChI is InChI=1S/C8H8ClF2NO/c1-12-3-4-6(13)2-5(10)7(9)8(4)11/h2,12-13H,3H2,1H3. The molecular weight excluding hydrogens is 200 g/mol. The molecule has 1 rings (SSSR count). The van der Waals surface area contributed by atoms with Crippen molar-refractivity contribution in [3.05, 3.63) is 28.3 Å². The van der Waals surface area contributed by atoms with E-state index in [0.717, 1.165) is 6.07 Å². The minimum absolute atomic E-state index is 0.0334. The molecule has 13 heavy (non-hydrogen) atoms. The van der Waals surface area contributed by atoms with Crippen molar-refractivity contribution < 1.29 is 13.9 Å². The van der Waals surface area contributed by atoms with Crippen LogP contribution in [0.4, 0.5) is 8.78 Å². The third-order valence-corrected chi connectivity index (χ3v) is 1.94. The molecule has 0 saturated heterocycles. The summed E-state index contributed by atoms with van der Waals surface area (Å²) in [4.78, 5) is 0. The van der Waals surface area contributed by atoms with E-state index in [4.69, 9.17) is 16.7 Å². The molecule has 0 bridgehead atoms. The first kappa shape index (κ1) is 10.2. The Hall–Kier alpha value is -0.870. The maximum Gasteiger partial charge on any atom is 0.152 e. The van der Waals surface area contributed by atoms with Crippen molar-refractivity contribution >= 4 is 11.6 Å². The molecule has 0 amide bonds. The molecular formula is C8H8ClF2NO. The Balaban J connectivity index is 3.26. The van der Waals surface area contributed by atoms with Crippen LogP contribution in [0.3, 0.4) is 0 Å². The molecule has 0 radical (unpaired) electrons. The SMILES string of the molecule is CNCc1c(O)cc(F)c(Cl)c1F. The zero-order valence-electron chi connectivity index (χ0n) is 6.87. The van der Waals surface area contributed by atoms with E-state index in [-0.39, 0.29) is 12.1 Å². The van der Waals surface area contributed by atoms with Gasteiger partial charge in [-0.2, -0.15) is 0 Å². The molecule has 0 unspecified atom stereocenters. The van der Waals surface area contributed by atoms with E-state index in [1.807, 2.05) is 0 Å². The van der Waals surface area contributed by atoms with Gasteiger partial charge in [-0.3, -0.25) is 0 Å². The van der Waals surface area contributed by atoms with Crippen molar-refractivity contribution in [2.75, 3.05) is 7.05 Å². The summed E-state index contributed by atoms with van der Waals surface area (Å²) in [5, 5.41) is 11.2. The highest BCUT2D eigenvalue weighted by Gasteiger charge is 2.15. The van der Waals surface area contributed by atoms with E-state index < -0.39 is 22.4 Å². The van der Waals surface area contributed by atoms with Gasteiger partial charge in [0.05, 0.1) is 0 Å². The fraction of sp³-hybridized carbons (Fsp3) is 0.250. The van der Waals surface area contributed by atoms with Crippen molar-refractivity contribution in [3.8, 4) is 5.75 Å². The van der Waals surface area contributed by atoms with E-state index in [1.165, 1.54) is 0 Å². The number of hydrogen-bond acceptors (Lipinski definition) is 2. The lowest BCUT2D eigenvalue weighted by atomic mass is 10.2. The lowest BCUT2D eigenvalue weighted by molar-refractivity contribution is 0.447. The van der Waals surface area contributed by atoms with Gasteiger partial charge in [-0.25, -0.2) is 8.78 Å². The van der Waals surface area contributed by atoms with Gasteiger partial charge in [0.25, 0.3) is 0 Å². The highest BCUT2D eigenvalue weighted by atomic mass is 35.5. The number of aromatic hydroxyl groups is 1. The largest absolute Gasteiger partial charge is 0.507 e. The average molecular weight is 208 g/mol. The molecule has 1 aromatic carbocycles. The lowest BCUT2D eigenvalue weighted by Gasteiger charge is -2.07. The summed E-state index contributed by atoms with van der Waals surface area (Å²) in [5.74, 6) is -2.32. The average Bonchev–Trinajstić information content (AvgIpc) is 2.09. The van der Waals surface area contributed by atoms with Crippen LogP contribution >= 0.6 is 11.6 Å². The minimum Gasteiger partial charge on any atom is -0.507 e. The summed E-state index contributed by atoms with van der Waals surface area (Å²) in [6.07, 6.45) is 0. The molecule has 5 heteroatoms. The van der Waals surface area contributed by atoms with Crippen molar-refractivity contribution in [3.63, 3.8) is 0 Å². The van der Waals surface area contributed by atoms with Gasteiger partial charge in [-0.05, 0) is 7.05 Å². The molecule has 2 N–H and O–H groups in total. The fourth-order valence-electron chi connectivity index (χ4n) is 0.965. The maximum absolute atomic E-state index is 13.1. The van der Waals surface area contributed by atoms with Gasteiger partial charge in [-0.15, -0.1) is 0 Å². The summed E-state index contributed by atoms with van der Waals surface area (Å²) in [6, 6.07) is 0.790. The van der Waals surface area contributed by atoms with Crippen molar-refractivity contribution in [2.45, 2.75) is 6.54 Å². The molecule has 0 fully saturated rings. The predicted octanol–water partition coefficient (Wildman–Crippen LogP) is 2.04. The van der Waals surface area contributed by atoms with Crippen LogP contribution in [0.5, 0.6) is 5.75 Å². The molecule has 1 aromatic rings. The zero-order valence-corrected chi connectivity index (χ0v) is 7.62.